The maximum absolute atomic E-state index is 5.81. The van der Waals surface area contributed by atoms with E-state index < -0.39 is 0 Å². The van der Waals surface area contributed by atoms with Gasteiger partial charge in [0.15, 0.2) is 0 Å². The molecule has 18 heavy (non-hydrogen) atoms. The van der Waals surface area contributed by atoms with Crippen molar-refractivity contribution in [3.8, 4) is 5.75 Å². The highest BCUT2D eigenvalue weighted by atomic mass is 16.5. The Morgan fingerprint density at radius 2 is 1.89 bits per heavy atom. The van der Waals surface area contributed by atoms with Crippen LogP contribution in [0.5, 0.6) is 5.75 Å². The average Bonchev–Trinajstić information content (AvgIpc) is 3.17. The Balaban J connectivity index is 1.56. The van der Waals surface area contributed by atoms with Gasteiger partial charge in [-0.05, 0) is 37.0 Å². The zero-order valence-corrected chi connectivity index (χ0v) is 10.7. The van der Waals surface area contributed by atoms with Gasteiger partial charge in [-0.3, -0.25) is 0 Å². The van der Waals surface area contributed by atoms with Gasteiger partial charge in [0.2, 0.25) is 0 Å². The van der Waals surface area contributed by atoms with Crippen molar-refractivity contribution in [2.45, 2.75) is 19.3 Å². The highest BCUT2D eigenvalue weighted by Crippen LogP contribution is 2.47. The van der Waals surface area contributed by atoms with E-state index in [4.69, 9.17) is 4.74 Å². The molecule has 1 fully saturated rings. The molecule has 1 nitrogen and oxygen atoms in total. The lowest BCUT2D eigenvalue weighted by Crippen LogP contribution is -2.00. The van der Waals surface area contributed by atoms with Crippen LogP contribution in [-0.4, -0.2) is 6.61 Å². The molecule has 2 aromatic carbocycles. The first-order valence-corrected chi connectivity index (χ1v) is 6.57. The molecule has 0 bridgehead atoms. The molecule has 2 atom stereocenters. The fraction of sp³-hybridized carbons (Fsp3) is 0.294. The molecular formula is C17H18O. The van der Waals surface area contributed by atoms with Gasteiger partial charge in [0.05, 0.1) is 6.61 Å². The van der Waals surface area contributed by atoms with Crippen LogP contribution in [0.4, 0.5) is 0 Å². The summed E-state index contributed by atoms with van der Waals surface area (Å²) in [5, 5.41) is 0. The monoisotopic (exact) mass is 238 g/mol. The topological polar surface area (TPSA) is 9.23 Å². The molecule has 92 valence electrons. The summed E-state index contributed by atoms with van der Waals surface area (Å²) in [6, 6.07) is 18.9. The Kier molecular flexibility index (Phi) is 3.06. The molecule has 1 aliphatic carbocycles. The van der Waals surface area contributed by atoms with Gasteiger partial charge in [-0.2, -0.15) is 0 Å². The molecule has 0 aromatic heterocycles. The van der Waals surface area contributed by atoms with Gasteiger partial charge >= 0.3 is 0 Å². The van der Waals surface area contributed by atoms with Gasteiger partial charge in [0.1, 0.15) is 5.75 Å². The van der Waals surface area contributed by atoms with Crippen LogP contribution in [-0.2, 0) is 0 Å². The molecule has 0 heterocycles. The van der Waals surface area contributed by atoms with Crippen molar-refractivity contribution in [1.29, 1.82) is 0 Å². The van der Waals surface area contributed by atoms with Crippen LogP contribution >= 0.6 is 0 Å². The SMILES string of the molecule is Cc1cccc(C2C[C@@H]2COc2ccccc2)c1. The van der Waals surface area contributed by atoms with Gasteiger partial charge in [0, 0.05) is 5.92 Å². The molecule has 1 unspecified atom stereocenters. The van der Waals surface area contributed by atoms with E-state index in [1.165, 1.54) is 17.5 Å². The highest BCUT2D eigenvalue weighted by Gasteiger charge is 2.38. The molecule has 1 heteroatoms. The summed E-state index contributed by atoms with van der Waals surface area (Å²) in [6.45, 7) is 2.99. The normalized spacial score (nSPS) is 21.6. The molecular weight excluding hydrogens is 220 g/mol. The molecule has 0 spiro atoms. The van der Waals surface area contributed by atoms with E-state index in [1.54, 1.807) is 0 Å². The third kappa shape index (κ3) is 2.56. The van der Waals surface area contributed by atoms with Crippen LogP contribution in [0.3, 0.4) is 0 Å². The van der Waals surface area contributed by atoms with Crippen LogP contribution in [0.2, 0.25) is 0 Å². The first-order valence-electron chi connectivity index (χ1n) is 6.57. The van der Waals surface area contributed by atoms with Gasteiger partial charge in [-0.1, -0.05) is 48.0 Å². The van der Waals surface area contributed by atoms with Gasteiger partial charge < -0.3 is 4.74 Å². The van der Waals surface area contributed by atoms with Crippen LogP contribution in [0.25, 0.3) is 0 Å². The van der Waals surface area contributed by atoms with E-state index in [9.17, 15) is 0 Å². The first-order chi connectivity index (χ1) is 8.83. The molecule has 2 aromatic rings. The largest absolute Gasteiger partial charge is 0.493 e. The van der Waals surface area contributed by atoms with Gasteiger partial charge in [-0.15, -0.1) is 0 Å². The van der Waals surface area contributed by atoms with Gasteiger partial charge in [-0.25, -0.2) is 0 Å². The summed E-state index contributed by atoms with van der Waals surface area (Å²) in [5.41, 5.74) is 2.82. The minimum Gasteiger partial charge on any atom is -0.493 e. The van der Waals surface area contributed by atoms with E-state index in [0.29, 0.717) is 11.8 Å². The maximum atomic E-state index is 5.81. The first kappa shape index (κ1) is 11.3. The molecule has 0 amide bonds. The van der Waals surface area contributed by atoms with Crippen molar-refractivity contribution >= 4 is 0 Å². The number of hydrogen-bond acceptors (Lipinski definition) is 1. The predicted octanol–water partition coefficient (Wildman–Crippen LogP) is 4.18. The average molecular weight is 238 g/mol. The van der Waals surface area contributed by atoms with E-state index in [2.05, 4.69) is 31.2 Å². The molecule has 0 N–H and O–H groups in total. The molecule has 1 aliphatic rings. The van der Waals surface area contributed by atoms with Crippen molar-refractivity contribution in [3.05, 3.63) is 65.7 Å². The van der Waals surface area contributed by atoms with E-state index in [-0.39, 0.29) is 0 Å². The fourth-order valence-corrected chi connectivity index (χ4v) is 2.46. The van der Waals surface area contributed by atoms with E-state index >= 15 is 0 Å². The molecule has 0 saturated heterocycles. The third-order valence-corrected chi connectivity index (χ3v) is 3.60. The zero-order chi connectivity index (χ0) is 12.4. The van der Waals surface area contributed by atoms with Crippen LogP contribution in [0, 0.1) is 12.8 Å². The van der Waals surface area contributed by atoms with Crippen LogP contribution in [0.15, 0.2) is 54.6 Å². The standard InChI is InChI=1S/C17H18O/c1-13-6-5-7-14(10-13)17-11-15(17)12-18-16-8-3-2-4-9-16/h2-10,15,17H,11-12H2,1H3/t15-,17?/m1/s1. The lowest BCUT2D eigenvalue weighted by molar-refractivity contribution is 0.297. The Morgan fingerprint density at radius 3 is 2.67 bits per heavy atom. The van der Waals surface area contributed by atoms with Crippen LogP contribution in [0.1, 0.15) is 23.5 Å². The summed E-state index contributed by atoms with van der Waals surface area (Å²) >= 11 is 0. The summed E-state index contributed by atoms with van der Waals surface area (Å²) in [7, 11) is 0. The van der Waals surface area contributed by atoms with E-state index in [0.717, 1.165) is 12.4 Å². The Hall–Kier alpha value is -1.76. The molecule has 1 saturated carbocycles. The molecule has 0 radical (unpaired) electrons. The van der Waals surface area contributed by atoms with Crippen LogP contribution < -0.4 is 4.74 Å². The maximum Gasteiger partial charge on any atom is 0.119 e. The second-order valence-corrected chi connectivity index (χ2v) is 5.14. The minimum absolute atomic E-state index is 0.687. The van der Waals surface area contributed by atoms with Crippen molar-refractivity contribution in [3.63, 3.8) is 0 Å². The Morgan fingerprint density at radius 1 is 1.06 bits per heavy atom. The Bertz CT molecular complexity index is 518. The lowest BCUT2D eigenvalue weighted by Gasteiger charge is -2.05. The summed E-state index contributed by atoms with van der Waals surface area (Å²) in [4.78, 5) is 0. The summed E-state index contributed by atoms with van der Waals surface area (Å²) in [5.74, 6) is 2.37. The highest BCUT2D eigenvalue weighted by molar-refractivity contribution is 5.30. The van der Waals surface area contributed by atoms with Gasteiger partial charge in [0.25, 0.3) is 0 Å². The van der Waals surface area contributed by atoms with Crippen molar-refractivity contribution in [2.75, 3.05) is 6.61 Å². The second-order valence-electron chi connectivity index (χ2n) is 5.14. The number of para-hydroxylation sites is 1. The lowest BCUT2D eigenvalue weighted by atomic mass is 10.1. The quantitative estimate of drug-likeness (QED) is 0.776. The number of benzene rings is 2. The molecule has 0 aliphatic heterocycles. The smallest absolute Gasteiger partial charge is 0.119 e. The number of rotatable bonds is 4. The summed E-state index contributed by atoms with van der Waals surface area (Å²) in [6.07, 6.45) is 1.26. The fourth-order valence-electron chi connectivity index (χ4n) is 2.46. The number of ether oxygens (including phenoxy) is 1. The third-order valence-electron chi connectivity index (χ3n) is 3.60. The minimum atomic E-state index is 0.687. The van der Waals surface area contributed by atoms with Crippen molar-refractivity contribution in [2.24, 2.45) is 5.92 Å². The second kappa shape index (κ2) is 4.85. The zero-order valence-electron chi connectivity index (χ0n) is 10.7. The summed E-state index contributed by atoms with van der Waals surface area (Å²) < 4.78 is 5.81. The van der Waals surface area contributed by atoms with Crippen molar-refractivity contribution in [1.82, 2.24) is 0 Å². The molecule has 3 rings (SSSR count). The predicted molar refractivity (Wildman–Crippen MR) is 74.0 cm³/mol. The Labute approximate surface area is 108 Å². The number of aryl methyl sites for hydroxylation is 1. The van der Waals surface area contributed by atoms with Crippen molar-refractivity contribution < 1.29 is 4.74 Å². The van der Waals surface area contributed by atoms with E-state index in [1.807, 2.05) is 30.3 Å². The number of hydrogen-bond donors (Lipinski definition) is 0.